The van der Waals surface area contributed by atoms with Crippen molar-refractivity contribution < 1.29 is 37.3 Å². The van der Waals surface area contributed by atoms with Crippen LogP contribution in [0.1, 0.15) is 16.1 Å². The molecule has 5 nitrogen and oxygen atoms in total. The molecule has 17 heavy (non-hydrogen) atoms. The zero-order valence-electron chi connectivity index (χ0n) is 7.95. The lowest BCUT2D eigenvalue weighted by Gasteiger charge is -2.11. The first-order valence-corrected chi connectivity index (χ1v) is 4.02. The van der Waals surface area contributed by atoms with Crippen LogP contribution in [0.5, 0.6) is 11.6 Å². The average Bonchev–Trinajstić information content (AvgIpc) is 2.18. The van der Waals surface area contributed by atoms with Crippen LogP contribution in [0, 0.1) is 0 Å². The largest absolute Gasteiger partial charge is 0.574 e. The molecule has 0 aliphatic rings. The molecule has 0 bridgehead atoms. The van der Waals surface area contributed by atoms with Crippen molar-refractivity contribution in [3.05, 3.63) is 17.3 Å². The number of carbonyl (C=O) groups is 1. The van der Waals surface area contributed by atoms with Gasteiger partial charge >= 0.3 is 12.3 Å². The summed E-state index contributed by atoms with van der Waals surface area (Å²) in [4.78, 5) is 13.5. The Morgan fingerprint density at radius 2 is 2.06 bits per heavy atom. The predicted molar refractivity (Wildman–Crippen MR) is 44.4 cm³/mol. The molecule has 0 unspecified atom stereocenters. The quantitative estimate of drug-likeness (QED) is 0.806. The first kappa shape index (κ1) is 13.0. The normalized spacial score (nSPS) is 11.3. The molecule has 0 radical (unpaired) electrons. The van der Waals surface area contributed by atoms with Crippen molar-refractivity contribution >= 4 is 5.97 Å². The van der Waals surface area contributed by atoms with Crippen molar-refractivity contribution in [3.63, 3.8) is 0 Å². The molecule has 94 valence electrons. The molecule has 0 saturated heterocycles. The van der Waals surface area contributed by atoms with E-state index in [4.69, 9.17) is 10.2 Å². The van der Waals surface area contributed by atoms with Gasteiger partial charge in [0.25, 0.3) is 5.88 Å². The lowest BCUT2D eigenvalue weighted by molar-refractivity contribution is -0.276. The minimum absolute atomic E-state index is 0.598. The first-order chi connectivity index (χ1) is 7.74. The third kappa shape index (κ3) is 3.20. The fourth-order valence-corrected chi connectivity index (χ4v) is 0.978. The lowest BCUT2D eigenvalue weighted by Crippen LogP contribution is -2.19. The van der Waals surface area contributed by atoms with Crippen LogP contribution in [0.3, 0.4) is 0 Å². The monoisotopic (exact) mass is 255 g/mol. The van der Waals surface area contributed by atoms with Gasteiger partial charge in [0, 0.05) is 0 Å². The Morgan fingerprint density at radius 1 is 1.47 bits per heavy atom. The summed E-state index contributed by atoms with van der Waals surface area (Å²) in [6.07, 6.45) is -5.17. The highest BCUT2D eigenvalue weighted by atomic mass is 19.4. The summed E-state index contributed by atoms with van der Waals surface area (Å²) in [5, 5.41) is 17.7. The molecule has 2 N–H and O–H groups in total. The third-order valence-corrected chi connectivity index (χ3v) is 1.59. The zero-order valence-corrected chi connectivity index (χ0v) is 7.95. The summed E-state index contributed by atoms with van der Waals surface area (Å²) in [6.45, 7) is -1.30. The molecule has 0 aliphatic carbocycles. The van der Waals surface area contributed by atoms with E-state index < -0.39 is 41.9 Å². The van der Waals surface area contributed by atoms with Crippen LogP contribution in [0.2, 0.25) is 0 Å². The number of hydrogen-bond acceptors (Lipinski definition) is 4. The maximum Gasteiger partial charge on any atom is 0.574 e. The van der Waals surface area contributed by atoms with Crippen LogP contribution < -0.4 is 4.74 Å². The van der Waals surface area contributed by atoms with Crippen LogP contribution in [0.15, 0.2) is 6.07 Å². The Morgan fingerprint density at radius 3 is 2.47 bits per heavy atom. The smallest absolute Gasteiger partial charge is 0.502 e. The van der Waals surface area contributed by atoms with Gasteiger partial charge in [-0.15, -0.1) is 13.2 Å². The number of nitrogens with zero attached hydrogens (tertiary/aromatic N) is 1. The van der Waals surface area contributed by atoms with Gasteiger partial charge in [-0.1, -0.05) is 0 Å². The van der Waals surface area contributed by atoms with E-state index in [1.54, 1.807) is 0 Å². The van der Waals surface area contributed by atoms with Gasteiger partial charge in [-0.2, -0.15) is 0 Å². The molecule has 1 aromatic rings. The summed E-state index contributed by atoms with van der Waals surface area (Å²) in [5.74, 6) is -4.44. The second-order valence-corrected chi connectivity index (χ2v) is 2.80. The number of ether oxygens (including phenoxy) is 1. The van der Waals surface area contributed by atoms with Gasteiger partial charge in [0.15, 0.2) is 5.75 Å². The van der Waals surface area contributed by atoms with E-state index in [0.29, 0.717) is 6.07 Å². The third-order valence-electron chi connectivity index (χ3n) is 1.59. The van der Waals surface area contributed by atoms with Crippen molar-refractivity contribution in [1.82, 2.24) is 4.98 Å². The highest BCUT2D eigenvalue weighted by molar-refractivity contribution is 5.91. The zero-order chi connectivity index (χ0) is 13.2. The Labute approximate surface area is 91.3 Å². The fourth-order valence-electron chi connectivity index (χ4n) is 0.978. The summed E-state index contributed by atoms with van der Waals surface area (Å²) in [6, 6.07) is 0.612. The van der Waals surface area contributed by atoms with E-state index in [2.05, 4.69) is 9.72 Å². The number of rotatable bonds is 3. The van der Waals surface area contributed by atoms with E-state index in [1.165, 1.54) is 0 Å². The number of aromatic nitrogens is 1. The van der Waals surface area contributed by atoms with Gasteiger partial charge < -0.3 is 14.9 Å². The van der Waals surface area contributed by atoms with Crippen molar-refractivity contribution in [2.24, 2.45) is 0 Å². The molecule has 0 spiro atoms. The minimum Gasteiger partial charge on any atom is -0.502 e. The maximum atomic E-state index is 12.2. The number of aromatic hydroxyl groups is 1. The van der Waals surface area contributed by atoms with Crippen molar-refractivity contribution in [3.8, 4) is 11.6 Å². The molecule has 1 heterocycles. The van der Waals surface area contributed by atoms with Gasteiger partial charge in [-0.3, -0.25) is 0 Å². The molecular formula is C8H5F4NO4. The minimum atomic E-state index is -5.17. The van der Waals surface area contributed by atoms with Gasteiger partial charge in [0.1, 0.15) is 12.2 Å². The number of carboxylic acids is 1. The molecule has 9 heteroatoms. The number of carboxylic acid groups (broad SMARTS) is 1. The Hall–Kier alpha value is -2.06. The van der Waals surface area contributed by atoms with Gasteiger partial charge in [-0.25, -0.2) is 14.2 Å². The summed E-state index contributed by atoms with van der Waals surface area (Å²) in [7, 11) is 0. The number of pyridine rings is 1. The Kier molecular flexibility index (Phi) is 3.39. The fraction of sp³-hybridized carbons (Fsp3) is 0.250. The summed E-state index contributed by atoms with van der Waals surface area (Å²) >= 11 is 0. The Balaban J connectivity index is 3.29. The molecule has 0 amide bonds. The highest BCUT2D eigenvalue weighted by Crippen LogP contribution is 2.33. The predicted octanol–water partition coefficient (Wildman–Crippen LogP) is 1.85. The molecule has 0 fully saturated rings. The van der Waals surface area contributed by atoms with Crippen LogP contribution in [-0.4, -0.2) is 27.5 Å². The number of hydrogen-bond donors (Lipinski definition) is 2. The molecule has 0 saturated carbocycles. The van der Waals surface area contributed by atoms with E-state index in [-0.39, 0.29) is 0 Å². The van der Waals surface area contributed by atoms with E-state index in [0.717, 1.165) is 0 Å². The maximum absolute atomic E-state index is 12.2. The van der Waals surface area contributed by atoms with Crippen molar-refractivity contribution in [1.29, 1.82) is 0 Å². The molecule has 0 aliphatic heterocycles. The highest BCUT2D eigenvalue weighted by Gasteiger charge is 2.34. The average molecular weight is 255 g/mol. The van der Waals surface area contributed by atoms with E-state index in [1.807, 2.05) is 0 Å². The first-order valence-electron chi connectivity index (χ1n) is 4.02. The van der Waals surface area contributed by atoms with Crippen LogP contribution in [0.25, 0.3) is 0 Å². The Bertz CT molecular complexity index is 446. The van der Waals surface area contributed by atoms with Crippen LogP contribution >= 0.6 is 0 Å². The van der Waals surface area contributed by atoms with Crippen molar-refractivity contribution in [2.45, 2.75) is 13.0 Å². The van der Waals surface area contributed by atoms with Crippen molar-refractivity contribution in [2.75, 3.05) is 0 Å². The van der Waals surface area contributed by atoms with E-state index >= 15 is 0 Å². The summed E-state index contributed by atoms with van der Waals surface area (Å²) < 4.78 is 51.1. The number of alkyl halides is 4. The van der Waals surface area contributed by atoms with Gasteiger partial charge in [0.05, 0.1) is 5.69 Å². The molecule has 1 aromatic heterocycles. The molecular weight excluding hydrogens is 250 g/mol. The summed E-state index contributed by atoms with van der Waals surface area (Å²) in [5.41, 5.74) is -1.52. The van der Waals surface area contributed by atoms with Gasteiger partial charge in [0.2, 0.25) is 0 Å². The molecule has 0 atom stereocenters. The van der Waals surface area contributed by atoms with E-state index in [9.17, 15) is 22.4 Å². The second-order valence-electron chi connectivity index (χ2n) is 2.80. The number of aromatic carboxylic acids is 1. The molecule has 0 aromatic carbocycles. The topological polar surface area (TPSA) is 79.7 Å². The number of halogens is 4. The standard InChI is InChI=1S/C8H5F4NO4/c9-2-3-1-4(7(15)16)5(14)6(13-3)17-8(10,11)12/h1,14H,2H2,(H,15,16). The SMILES string of the molecule is O=C(O)c1cc(CF)nc(OC(F)(F)F)c1O. The van der Waals surface area contributed by atoms with Crippen LogP contribution in [-0.2, 0) is 6.67 Å². The second kappa shape index (κ2) is 4.44. The van der Waals surface area contributed by atoms with Gasteiger partial charge in [-0.05, 0) is 6.07 Å². The lowest BCUT2D eigenvalue weighted by atomic mass is 10.2. The van der Waals surface area contributed by atoms with Crippen LogP contribution in [0.4, 0.5) is 17.6 Å². The molecule has 1 rings (SSSR count).